The normalized spacial score (nSPS) is 27.7. The van der Waals surface area contributed by atoms with E-state index in [-0.39, 0.29) is 24.7 Å². The van der Waals surface area contributed by atoms with E-state index in [1.807, 2.05) is 0 Å². The summed E-state index contributed by atoms with van der Waals surface area (Å²) >= 11 is 0. The van der Waals surface area contributed by atoms with Crippen molar-refractivity contribution in [1.29, 1.82) is 0 Å². The van der Waals surface area contributed by atoms with E-state index in [1.165, 1.54) is 7.11 Å². The average Bonchev–Trinajstić information content (AvgIpc) is 2.58. The highest BCUT2D eigenvalue weighted by atomic mass is 16.5. The van der Waals surface area contributed by atoms with Crippen molar-refractivity contribution in [2.75, 3.05) is 7.11 Å². The summed E-state index contributed by atoms with van der Waals surface area (Å²) in [6.07, 6.45) is 0.889. The van der Waals surface area contributed by atoms with Gasteiger partial charge in [0, 0.05) is 12.8 Å². The lowest BCUT2D eigenvalue weighted by molar-refractivity contribution is -0.150. The summed E-state index contributed by atoms with van der Waals surface area (Å²) in [6.45, 7) is 0. The van der Waals surface area contributed by atoms with Gasteiger partial charge in [-0.25, -0.2) is 0 Å². The number of ether oxygens (including phenoxy) is 1. The lowest BCUT2D eigenvalue weighted by Gasteiger charge is -2.20. The number of hydrogen-bond acceptors (Lipinski definition) is 4. The van der Waals surface area contributed by atoms with Gasteiger partial charge >= 0.3 is 17.9 Å². The standard InChI is InChI=1S/C11H16O6/c1-17-11(16)10-6(4-8(12)13)2-3-7(10)5-9(14)15/h6-7,10H,2-5H2,1H3,(H,12,13)(H,14,15)/t6-,7+,10?. The number of carbonyl (C=O) groups excluding carboxylic acids is 1. The lowest BCUT2D eigenvalue weighted by Crippen LogP contribution is -2.28. The first-order valence-electron chi connectivity index (χ1n) is 5.47. The molecule has 1 aliphatic rings. The summed E-state index contributed by atoms with van der Waals surface area (Å²) in [4.78, 5) is 32.9. The predicted octanol–water partition coefficient (Wildman–Crippen LogP) is 0.751. The summed E-state index contributed by atoms with van der Waals surface area (Å²) in [7, 11) is 1.23. The van der Waals surface area contributed by atoms with E-state index in [1.54, 1.807) is 0 Å². The molecule has 2 N–H and O–H groups in total. The topological polar surface area (TPSA) is 101 Å². The second-order valence-electron chi connectivity index (χ2n) is 4.34. The van der Waals surface area contributed by atoms with Gasteiger partial charge in [-0.2, -0.15) is 0 Å². The molecule has 0 amide bonds. The van der Waals surface area contributed by atoms with Crippen LogP contribution in [0.2, 0.25) is 0 Å². The van der Waals surface area contributed by atoms with Crippen LogP contribution in [0, 0.1) is 17.8 Å². The minimum atomic E-state index is -0.972. The van der Waals surface area contributed by atoms with Gasteiger partial charge < -0.3 is 14.9 Å². The van der Waals surface area contributed by atoms with Crippen molar-refractivity contribution in [2.45, 2.75) is 25.7 Å². The highest BCUT2D eigenvalue weighted by Crippen LogP contribution is 2.41. The molecule has 3 atom stereocenters. The molecule has 1 unspecified atom stereocenters. The van der Waals surface area contributed by atoms with E-state index >= 15 is 0 Å². The molecule has 6 nitrogen and oxygen atoms in total. The molecule has 6 heteroatoms. The number of methoxy groups -OCH3 is 1. The van der Waals surface area contributed by atoms with E-state index in [2.05, 4.69) is 4.74 Å². The van der Waals surface area contributed by atoms with Gasteiger partial charge in [-0.05, 0) is 24.7 Å². The number of carboxylic acids is 2. The zero-order chi connectivity index (χ0) is 13.0. The van der Waals surface area contributed by atoms with Gasteiger partial charge in [-0.1, -0.05) is 0 Å². The number of aliphatic carboxylic acids is 2. The van der Waals surface area contributed by atoms with Crippen LogP contribution in [0.5, 0.6) is 0 Å². The molecule has 1 aliphatic carbocycles. The third-order valence-electron chi connectivity index (χ3n) is 3.27. The van der Waals surface area contributed by atoms with Gasteiger partial charge in [0.25, 0.3) is 0 Å². The Morgan fingerprint density at radius 1 is 1.06 bits per heavy atom. The Balaban J connectivity index is 2.77. The van der Waals surface area contributed by atoms with Crippen LogP contribution < -0.4 is 0 Å². The molecule has 0 spiro atoms. The lowest BCUT2D eigenvalue weighted by atomic mass is 9.86. The van der Waals surface area contributed by atoms with Gasteiger partial charge in [0.2, 0.25) is 0 Å². The molecule has 0 aromatic rings. The fraction of sp³-hybridized carbons (Fsp3) is 0.727. The van der Waals surface area contributed by atoms with E-state index in [0.717, 1.165) is 0 Å². The van der Waals surface area contributed by atoms with Crippen molar-refractivity contribution in [1.82, 2.24) is 0 Å². The second kappa shape index (κ2) is 5.65. The largest absolute Gasteiger partial charge is 0.481 e. The van der Waals surface area contributed by atoms with Crippen molar-refractivity contribution in [3.63, 3.8) is 0 Å². The monoisotopic (exact) mass is 244 g/mol. The fourth-order valence-corrected chi connectivity index (χ4v) is 2.60. The van der Waals surface area contributed by atoms with Crippen molar-refractivity contribution < 1.29 is 29.3 Å². The smallest absolute Gasteiger partial charge is 0.309 e. The van der Waals surface area contributed by atoms with Crippen LogP contribution in [0.4, 0.5) is 0 Å². The Morgan fingerprint density at radius 3 is 1.76 bits per heavy atom. The van der Waals surface area contributed by atoms with Crippen LogP contribution in [0.25, 0.3) is 0 Å². The van der Waals surface area contributed by atoms with Crippen LogP contribution in [0.1, 0.15) is 25.7 Å². The maximum Gasteiger partial charge on any atom is 0.309 e. The van der Waals surface area contributed by atoms with Crippen molar-refractivity contribution in [2.24, 2.45) is 17.8 Å². The first-order chi connectivity index (χ1) is 7.95. The Hall–Kier alpha value is -1.59. The summed E-state index contributed by atoms with van der Waals surface area (Å²) in [5.74, 6) is -3.68. The van der Waals surface area contributed by atoms with Gasteiger partial charge in [0.1, 0.15) is 0 Å². The second-order valence-corrected chi connectivity index (χ2v) is 4.34. The van der Waals surface area contributed by atoms with Gasteiger partial charge in [-0.3, -0.25) is 14.4 Å². The molecule has 1 saturated carbocycles. The van der Waals surface area contributed by atoms with E-state index in [0.29, 0.717) is 12.8 Å². The van der Waals surface area contributed by atoms with Crippen molar-refractivity contribution >= 4 is 17.9 Å². The third-order valence-corrected chi connectivity index (χ3v) is 3.27. The van der Waals surface area contributed by atoms with Crippen molar-refractivity contribution in [3.8, 4) is 0 Å². The quantitative estimate of drug-likeness (QED) is 0.692. The molecular weight excluding hydrogens is 228 g/mol. The predicted molar refractivity (Wildman–Crippen MR) is 56.2 cm³/mol. The highest BCUT2D eigenvalue weighted by Gasteiger charge is 2.43. The Kier molecular flexibility index (Phi) is 4.48. The Bertz CT molecular complexity index is 300. The summed E-state index contributed by atoms with van der Waals surface area (Å²) in [6, 6.07) is 0. The minimum absolute atomic E-state index is 0.115. The molecule has 1 fully saturated rings. The highest BCUT2D eigenvalue weighted by molar-refractivity contribution is 5.76. The van der Waals surface area contributed by atoms with Crippen LogP contribution in [0.3, 0.4) is 0 Å². The number of carboxylic acid groups (broad SMARTS) is 2. The Morgan fingerprint density at radius 2 is 1.47 bits per heavy atom. The van der Waals surface area contributed by atoms with Crippen LogP contribution in [-0.2, 0) is 19.1 Å². The summed E-state index contributed by atoms with van der Waals surface area (Å²) in [5.41, 5.74) is 0. The number of carbonyl (C=O) groups is 3. The maximum absolute atomic E-state index is 11.6. The zero-order valence-electron chi connectivity index (χ0n) is 9.59. The fourth-order valence-electron chi connectivity index (χ4n) is 2.60. The molecule has 1 rings (SSSR count). The molecular formula is C11H16O6. The average molecular weight is 244 g/mol. The minimum Gasteiger partial charge on any atom is -0.481 e. The summed E-state index contributed by atoms with van der Waals surface area (Å²) < 4.78 is 4.63. The van der Waals surface area contributed by atoms with E-state index in [9.17, 15) is 14.4 Å². The van der Waals surface area contributed by atoms with Crippen molar-refractivity contribution in [3.05, 3.63) is 0 Å². The molecule has 0 saturated heterocycles. The number of hydrogen-bond donors (Lipinski definition) is 2. The Labute approximate surface area is 98.6 Å². The SMILES string of the molecule is COC(=O)C1[C@@H](CC(=O)O)CC[C@H]1CC(=O)O. The number of esters is 1. The van der Waals surface area contributed by atoms with Gasteiger partial charge in [-0.15, -0.1) is 0 Å². The first-order valence-corrected chi connectivity index (χ1v) is 5.47. The molecule has 96 valence electrons. The molecule has 0 aromatic carbocycles. The number of rotatable bonds is 5. The zero-order valence-corrected chi connectivity index (χ0v) is 9.59. The third kappa shape index (κ3) is 3.44. The molecule has 0 heterocycles. The molecule has 0 bridgehead atoms. The van der Waals surface area contributed by atoms with Gasteiger partial charge in [0.05, 0.1) is 13.0 Å². The van der Waals surface area contributed by atoms with Crippen LogP contribution in [0.15, 0.2) is 0 Å². The maximum atomic E-state index is 11.6. The van der Waals surface area contributed by atoms with E-state index in [4.69, 9.17) is 10.2 Å². The molecule has 17 heavy (non-hydrogen) atoms. The van der Waals surface area contributed by atoms with E-state index < -0.39 is 23.8 Å². The molecule has 0 radical (unpaired) electrons. The molecule has 0 aromatic heterocycles. The molecule has 0 aliphatic heterocycles. The van der Waals surface area contributed by atoms with Gasteiger partial charge in [0.15, 0.2) is 0 Å². The first kappa shape index (κ1) is 13.5. The van der Waals surface area contributed by atoms with Crippen LogP contribution >= 0.6 is 0 Å². The van der Waals surface area contributed by atoms with Crippen LogP contribution in [-0.4, -0.2) is 35.2 Å². The summed E-state index contributed by atoms with van der Waals surface area (Å²) in [5, 5.41) is 17.5.